The number of nitrogens with zero attached hydrogens (tertiary/aromatic N) is 4. The van der Waals surface area contributed by atoms with Gasteiger partial charge >= 0.3 is 0 Å². The third-order valence-electron chi connectivity index (χ3n) is 5.45. The first-order chi connectivity index (χ1) is 14.0. The van der Waals surface area contributed by atoms with E-state index in [0.29, 0.717) is 37.9 Å². The first-order valence-corrected chi connectivity index (χ1v) is 9.97. The van der Waals surface area contributed by atoms with Crippen LogP contribution in [0.1, 0.15) is 30.7 Å². The van der Waals surface area contributed by atoms with Crippen molar-refractivity contribution in [2.75, 3.05) is 37.3 Å². The average molecular weight is 397 g/mol. The van der Waals surface area contributed by atoms with Crippen LogP contribution in [0.4, 0.5) is 17.6 Å². The lowest BCUT2D eigenvalue weighted by Crippen LogP contribution is -2.50. The number of carbonyl (C=O) groups excluding carboxylic acids is 1. The molecule has 2 aliphatic rings. The summed E-state index contributed by atoms with van der Waals surface area (Å²) < 4.78 is 6.03. The molecule has 9 heteroatoms. The first-order valence-electron chi connectivity index (χ1n) is 9.97. The van der Waals surface area contributed by atoms with E-state index < -0.39 is 0 Å². The molecule has 0 saturated carbocycles. The molecule has 0 radical (unpaired) electrons. The number of likely N-dealkylation sites (tertiary alicyclic amines) is 1. The molecule has 2 aromatic rings. The van der Waals surface area contributed by atoms with Crippen molar-refractivity contribution in [3.05, 3.63) is 35.7 Å². The molecule has 1 aromatic heterocycles. The highest BCUT2D eigenvalue weighted by atomic mass is 16.5. The molecule has 29 heavy (non-hydrogen) atoms. The summed E-state index contributed by atoms with van der Waals surface area (Å²) >= 11 is 0. The van der Waals surface area contributed by atoms with Crippen molar-refractivity contribution in [3.8, 4) is 0 Å². The van der Waals surface area contributed by atoms with Gasteiger partial charge in [0.25, 0.3) is 0 Å². The maximum Gasteiger partial charge on any atom is 0.232 e. The van der Waals surface area contributed by atoms with Gasteiger partial charge < -0.3 is 21.1 Å². The molecule has 1 aromatic carbocycles. The van der Waals surface area contributed by atoms with Crippen LogP contribution in [-0.2, 0) is 16.1 Å². The molecular weight excluding hydrogens is 370 g/mol. The number of hydrogen-bond acceptors (Lipinski definition) is 8. The van der Waals surface area contributed by atoms with E-state index in [4.69, 9.17) is 10.5 Å². The molecule has 1 amide bonds. The van der Waals surface area contributed by atoms with Crippen molar-refractivity contribution in [2.45, 2.75) is 38.3 Å². The van der Waals surface area contributed by atoms with E-state index in [9.17, 15) is 4.79 Å². The topological polar surface area (TPSA) is 118 Å². The van der Waals surface area contributed by atoms with Crippen LogP contribution in [-0.4, -0.2) is 57.6 Å². The smallest absolute Gasteiger partial charge is 0.232 e. The Bertz CT molecular complexity index is 881. The number of aromatic nitrogens is 3. The Kier molecular flexibility index (Phi) is 5.59. The lowest BCUT2D eigenvalue weighted by Gasteiger charge is -2.40. The third-order valence-corrected chi connectivity index (χ3v) is 5.45. The number of nitrogens with two attached hydrogens (primary N) is 1. The van der Waals surface area contributed by atoms with E-state index in [-0.39, 0.29) is 17.5 Å². The minimum Gasteiger partial charge on any atom is -0.373 e. The van der Waals surface area contributed by atoms with Crippen molar-refractivity contribution in [2.24, 2.45) is 0 Å². The number of nitrogens with one attached hydrogen (secondary N) is 2. The van der Waals surface area contributed by atoms with Gasteiger partial charge in [0, 0.05) is 31.7 Å². The van der Waals surface area contributed by atoms with E-state index in [0.717, 1.165) is 37.2 Å². The first kappa shape index (κ1) is 19.5. The van der Waals surface area contributed by atoms with E-state index in [1.165, 1.54) is 0 Å². The quantitative estimate of drug-likeness (QED) is 0.708. The Hall–Kier alpha value is -2.78. The van der Waals surface area contributed by atoms with Gasteiger partial charge in [-0.05, 0) is 37.5 Å². The molecule has 0 atom stereocenters. The summed E-state index contributed by atoms with van der Waals surface area (Å²) in [6.07, 6.45) is 2.16. The van der Waals surface area contributed by atoms with Gasteiger partial charge in [0.2, 0.25) is 17.8 Å². The Morgan fingerprint density at radius 3 is 2.90 bits per heavy atom. The van der Waals surface area contributed by atoms with Crippen LogP contribution in [0.3, 0.4) is 0 Å². The van der Waals surface area contributed by atoms with Crippen molar-refractivity contribution in [1.29, 1.82) is 0 Å². The standard InChI is InChI=1S/C20H27N7O2/c1-14-3-2-4-15(11-14)23-19-25-16(24-18(21)26-19)12-27-8-6-20(7-9-27)13-22-17(28)5-10-29-20/h2-4,11H,5-10,12-13H2,1H3,(H,22,28)(H3,21,23,24,25,26). The molecule has 0 bridgehead atoms. The fraction of sp³-hybridized carbons (Fsp3) is 0.500. The van der Waals surface area contributed by atoms with Crippen LogP contribution in [0.25, 0.3) is 0 Å². The second-order valence-corrected chi connectivity index (χ2v) is 7.76. The highest BCUT2D eigenvalue weighted by molar-refractivity contribution is 5.76. The van der Waals surface area contributed by atoms with Gasteiger partial charge in [-0.25, -0.2) is 0 Å². The largest absolute Gasteiger partial charge is 0.373 e. The van der Waals surface area contributed by atoms with E-state index in [1.807, 2.05) is 31.2 Å². The van der Waals surface area contributed by atoms with Gasteiger partial charge in [-0.2, -0.15) is 15.0 Å². The highest BCUT2D eigenvalue weighted by Gasteiger charge is 2.37. The van der Waals surface area contributed by atoms with Crippen LogP contribution < -0.4 is 16.4 Å². The van der Waals surface area contributed by atoms with Crippen LogP contribution >= 0.6 is 0 Å². The minimum atomic E-state index is -0.251. The number of nitrogen functional groups attached to an aromatic ring is 1. The molecule has 154 valence electrons. The number of anilines is 3. The number of hydrogen-bond donors (Lipinski definition) is 3. The number of ether oxygens (including phenoxy) is 1. The lowest BCUT2D eigenvalue weighted by molar-refractivity contribution is -0.120. The maximum absolute atomic E-state index is 11.6. The van der Waals surface area contributed by atoms with E-state index in [2.05, 4.69) is 30.5 Å². The average Bonchev–Trinajstić information content (AvgIpc) is 2.85. The molecule has 9 nitrogen and oxygen atoms in total. The van der Waals surface area contributed by atoms with Gasteiger partial charge in [-0.1, -0.05) is 12.1 Å². The van der Waals surface area contributed by atoms with Crippen molar-refractivity contribution in [3.63, 3.8) is 0 Å². The van der Waals surface area contributed by atoms with Crippen molar-refractivity contribution >= 4 is 23.5 Å². The second-order valence-electron chi connectivity index (χ2n) is 7.76. The van der Waals surface area contributed by atoms with Gasteiger partial charge in [-0.3, -0.25) is 9.69 Å². The summed E-state index contributed by atoms with van der Waals surface area (Å²) in [4.78, 5) is 26.9. The van der Waals surface area contributed by atoms with E-state index >= 15 is 0 Å². The number of carbonyl (C=O) groups is 1. The van der Waals surface area contributed by atoms with E-state index in [1.54, 1.807) is 0 Å². The number of piperidine rings is 1. The molecule has 0 aliphatic carbocycles. The maximum atomic E-state index is 11.6. The van der Waals surface area contributed by atoms with Crippen LogP contribution in [0.2, 0.25) is 0 Å². The SMILES string of the molecule is Cc1cccc(Nc2nc(N)nc(CN3CCC4(CC3)CNC(=O)CCO4)n2)c1. The lowest BCUT2D eigenvalue weighted by atomic mass is 9.91. The summed E-state index contributed by atoms with van der Waals surface area (Å²) in [5.74, 6) is 1.35. The fourth-order valence-corrected chi connectivity index (χ4v) is 3.82. The number of amides is 1. The predicted molar refractivity (Wildman–Crippen MR) is 110 cm³/mol. The number of rotatable bonds is 4. The number of benzene rings is 1. The summed E-state index contributed by atoms with van der Waals surface area (Å²) in [6.45, 7) is 5.40. The molecule has 2 saturated heterocycles. The van der Waals surface area contributed by atoms with Gasteiger partial charge in [0.15, 0.2) is 0 Å². The summed E-state index contributed by atoms with van der Waals surface area (Å²) in [5, 5.41) is 6.17. The summed E-state index contributed by atoms with van der Waals surface area (Å²) in [7, 11) is 0. The zero-order valence-corrected chi connectivity index (χ0v) is 16.6. The monoisotopic (exact) mass is 397 g/mol. The second kappa shape index (κ2) is 8.30. The third kappa shape index (κ3) is 4.99. The molecule has 2 aliphatic heterocycles. The molecular formula is C20H27N7O2. The molecule has 4 rings (SSSR count). The van der Waals surface area contributed by atoms with Crippen LogP contribution in [0.15, 0.2) is 24.3 Å². The van der Waals surface area contributed by atoms with Gasteiger partial charge in [0.1, 0.15) is 5.82 Å². The molecule has 2 fully saturated rings. The summed E-state index contributed by atoms with van der Waals surface area (Å²) in [6, 6.07) is 7.99. The van der Waals surface area contributed by atoms with Crippen molar-refractivity contribution < 1.29 is 9.53 Å². The normalized spacial score (nSPS) is 19.6. The Balaban J connectivity index is 1.38. The zero-order chi connectivity index (χ0) is 20.3. The predicted octanol–water partition coefficient (Wildman–Crippen LogP) is 1.38. The van der Waals surface area contributed by atoms with Crippen LogP contribution in [0, 0.1) is 6.92 Å². The van der Waals surface area contributed by atoms with Gasteiger partial charge in [-0.15, -0.1) is 0 Å². The fourth-order valence-electron chi connectivity index (χ4n) is 3.82. The number of aryl methyl sites for hydroxylation is 1. The molecule has 0 unspecified atom stereocenters. The Morgan fingerprint density at radius 1 is 1.28 bits per heavy atom. The molecule has 1 spiro atoms. The molecule has 3 heterocycles. The van der Waals surface area contributed by atoms with Crippen molar-refractivity contribution in [1.82, 2.24) is 25.2 Å². The Morgan fingerprint density at radius 2 is 2.10 bits per heavy atom. The zero-order valence-electron chi connectivity index (χ0n) is 16.6. The molecule has 4 N–H and O–H groups in total. The summed E-state index contributed by atoms with van der Waals surface area (Å²) in [5.41, 5.74) is 7.72. The van der Waals surface area contributed by atoms with Gasteiger partial charge in [0.05, 0.1) is 18.8 Å². The van der Waals surface area contributed by atoms with Crippen LogP contribution in [0.5, 0.6) is 0 Å². The Labute approximate surface area is 170 Å². The minimum absolute atomic E-state index is 0.0682. The highest BCUT2D eigenvalue weighted by Crippen LogP contribution is 2.28.